The molecule has 13 aromatic rings. The molecule has 0 atom stereocenters. The second-order valence-corrected chi connectivity index (χ2v) is 17.2. The molecule has 0 N–H and O–H groups in total. The Hall–Kier alpha value is -8.77. The normalized spacial score (nSPS) is 11.7. The second kappa shape index (κ2) is 14.7. The lowest BCUT2D eigenvalue weighted by molar-refractivity contribution is 1.07. The molecule has 0 saturated heterocycles. The number of benzene rings is 8. The van der Waals surface area contributed by atoms with E-state index in [1.807, 2.05) is 84.3 Å². The van der Waals surface area contributed by atoms with Crippen LogP contribution in [0.2, 0.25) is 0 Å². The number of fused-ring (bicyclic) bond motifs is 10. The van der Waals surface area contributed by atoms with E-state index >= 15 is 0 Å². The third-order valence-electron chi connectivity index (χ3n) is 12.4. The average Bonchev–Trinajstić information content (AvgIpc) is 4.04. The minimum Gasteiger partial charge on any atom is -0.309 e. The van der Waals surface area contributed by atoms with E-state index < -0.39 is 0 Å². The van der Waals surface area contributed by atoms with Gasteiger partial charge in [0.25, 0.3) is 0 Å². The highest BCUT2D eigenvalue weighted by Crippen LogP contribution is 2.46. The van der Waals surface area contributed by atoms with E-state index in [4.69, 9.17) is 19.9 Å². The van der Waals surface area contributed by atoms with Gasteiger partial charge >= 0.3 is 0 Å². The topological polar surface area (TPSA) is 85.2 Å². The fraction of sp³-hybridized carbons (Fsp3) is 0. The fourth-order valence-corrected chi connectivity index (χ4v) is 10.9. The van der Waals surface area contributed by atoms with Gasteiger partial charge < -0.3 is 9.13 Å². The summed E-state index contributed by atoms with van der Waals surface area (Å²) in [7, 11) is 0. The lowest BCUT2D eigenvalue weighted by Gasteiger charge is -2.18. The third-order valence-corrected chi connectivity index (χ3v) is 13.7. The van der Waals surface area contributed by atoms with Crippen LogP contribution in [-0.2, 0) is 0 Å². The van der Waals surface area contributed by atoms with Crippen molar-refractivity contribution in [3.05, 3.63) is 206 Å². The Morgan fingerprint density at radius 1 is 0.446 bits per heavy atom. The highest BCUT2D eigenvalue weighted by molar-refractivity contribution is 7.26. The third kappa shape index (κ3) is 5.80. The molecule has 13 rings (SSSR count). The van der Waals surface area contributed by atoms with Gasteiger partial charge in [0.1, 0.15) is 6.07 Å². The van der Waals surface area contributed by atoms with Gasteiger partial charge in [-0.3, -0.25) is 4.98 Å². The van der Waals surface area contributed by atoms with Gasteiger partial charge in [-0.15, -0.1) is 11.3 Å². The lowest BCUT2D eigenvalue weighted by atomic mass is 9.98. The standard InChI is InChI=1S/C57H33N7S/c58-34-38-31-37(57-61-55(35-15-3-1-4-16-35)60-56(62-57)36-17-5-2-6-18-36)32-45(46-33-39(29-30-59-46)63-47-23-11-7-19-40(47)41-20-8-12-24-48(41)63)53(38)64-49-25-13-9-22-44(49)52-50(64)28-27-43-42-21-10-14-26-51(42)65-54(43)52/h1-33H. The van der Waals surface area contributed by atoms with Crippen LogP contribution in [0, 0.1) is 11.3 Å². The van der Waals surface area contributed by atoms with Crippen LogP contribution in [0.15, 0.2) is 200 Å². The summed E-state index contributed by atoms with van der Waals surface area (Å²) in [5, 5.41) is 18.5. The molecule has 8 aromatic carbocycles. The molecule has 0 saturated carbocycles. The average molecular weight is 848 g/mol. The number of thiophene rings is 1. The quantitative estimate of drug-likeness (QED) is 0.166. The van der Waals surface area contributed by atoms with Gasteiger partial charge in [0, 0.05) is 75.9 Å². The van der Waals surface area contributed by atoms with Gasteiger partial charge in [-0.05, 0) is 54.6 Å². The molecular formula is C57H33N7S. The Balaban J connectivity index is 1.13. The second-order valence-electron chi connectivity index (χ2n) is 16.1. The van der Waals surface area contributed by atoms with Crippen LogP contribution in [0.1, 0.15) is 5.56 Å². The van der Waals surface area contributed by atoms with Crippen LogP contribution >= 0.6 is 11.3 Å². The zero-order valence-corrected chi connectivity index (χ0v) is 35.4. The number of rotatable bonds is 6. The van der Waals surface area contributed by atoms with Crippen molar-refractivity contribution in [3.8, 4) is 62.9 Å². The van der Waals surface area contributed by atoms with E-state index in [1.165, 1.54) is 30.9 Å². The monoisotopic (exact) mass is 847 g/mol. The Bertz CT molecular complexity index is 3970. The van der Waals surface area contributed by atoms with Crippen molar-refractivity contribution >= 4 is 75.1 Å². The SMILES string of the molecule is N#Cc1cc(-c2nc(-c3ccccc3)nc(-c3ccccc3)n2)cc(-c2cc(-n3c4ccccc4c4ccccc43)ccn2)c1-n1c2ccccc2c2c3sc4ccccc4c3ccc21. The molecule has 0 amide bonds. The molecule has 7 nitrogen and oxygen atoms in total. The van der Waals surface area contributed by atoms with Crippen molar-refractivity contribution in [3.63, 3.8) is 0 Å². The molecule has 0 aliphatic heterocycles. The highest BCUT2D eigenvalue weighted by atomic mass is 32.1. The number of hydrogen-bond acceptors (Lipinski definition) is 6. The zero-order valence-electron chi connectivity index (χ0n) is 34.6. The fourth-order valence-electron chi connectivity index (χ4n) is 9.60. The van der Waals surface area contributed by atoms with Crippen LogP contribution in [0.5, 0.6) is 0 Å². The number of pyridine rings is 1. The maximum Gasteiger partial charge on any atom is 0.164 e. The van der Waals surface area contributed by atoms with Crippen LogP contribution in [-0.4, -0.2) is 29.1 Å². The van der Waals surface area contributed by atoms with E-state index in [1.54, 1.807) is 0 Å². The Kier molecular flexibility index (Phi) is 8.31. The van der Waals surface area contributed by atoms with Crippen molar-refractivity contribution in [2.24, 2.45) is 0 Å². The molecule has 0 bridgehead atoms. The Morgan fingerprint density at radius 3 is 1.65 bits per heavy atom. The Labute approximate surface area is 376 Å². The van der Waals surface area contributed by atoms with Crippen molar-refractivity contribution in [2.45, 2.75) is 0 Å². The van der Waals surface area contributed by atoms with Crippen LogP contribution in [0.4, 0.5) is 0 Å². The first kappa shape index (κ1) is 36.8. The van der Waals surface area contributed by atoms with E-state index in [2.05, 4.69) is 143 Å². The highest BCUT2D eigenvalue weighted by Gasteiger charge is 2.25. The summed E-state index contributed by atoms with van der Waals surface area (Å²) in [6.45, 7) is 0. The number of para-hydroxylation sites is 3. The maximum absolute atomic E-state index is 11.4. The van der Waals surface area contributed by atoms with Crippen molar-refractivity contribution in [2.75, 3.05) is 0 Å². The predicted molar refractivity (Wildman–Crippen MR) is 266 cm³/mol. The molecule has 0 aliphatic carbocycles. The van der Waals surface area contributed by atoms with Gasteiger partial charge in [0.15, 0.2) is 17.5 Å². The van der Waals surface area contributed by atoms with Gasteiger partial charge in [0.2, 0.25) is 0 Å². The number of nitrogens with zero attached hydrogens (tertiary/aromatic N) is 7. The van der Waals surface area contributed by atoms with Crippen LogP contribution < -0.4 is 0 Å². The maximum atomic E-state index is 11.4. The summed E-state index contributed by atoms with van der Waals surface area (Å²) in [6.07, 6.45) is 1.87. The summed E-state index contributed by atoms with van der Waals surface area (Å²) >= 11 is 1.81. The molecular weight excluding hydrogens is 815 g/mol. The minimum absolute atomic E-state index is 0.453. The first-order valence-corrected chi connectivity index (χ1v) is 22.3. The lowest BCUT2D eigenvalue weighted by Crippen LogP contribution is -2.05. The Morgan fingerprint density at radius 2 is 1.00 bits per heavy atom. The predicted octanol–water partition coefficient (Wildman–Crippen LogP) is 14.4. The van der Waals surface area contributed by atoms with Crippen LogP contribution in [0.3, 0.4) is 0 Å². The molecule has 0 unspecified atom stereocenters. The zero-order chi connectivity index (χ0) is 43.0. The molecule has 0 spiro atoms. The molecule has 5 heterocycles. The van der Waals surface area contributed by atoms with Gasteiger partial charge in [-0.2, -0.15) is 5.26 Å². The van der Waals surface area contributed by atoms with Crippen molar-refractivity contribution < 1.29 is 0 Å². The first-order valence-electron chi connectivity index (χ1n) is 21.4. The molecule has 5 aromatic heterocycles. The molecule has 8 heteroatoms. The largest absolute Gasteiger partial charge is 0.309 e. The van der Waals surface area contributed by atoms with Crippen molar-refractivity contribution in [1.29, 1.82) is 5.26 Å². The molecule has 0 aliphatic rings. The first-order chi connectivity index (χ1) is 32.2. The molecule has 65 heavy (non-hydrogen) atoms. The summed E-state index contributed by atoms with van der Waals surface area (Å²) in [5.41, 5.74) is 10.2. The number of hydrogen-bond donors (Lipinski definition) is 0. The van der Waals surface area contributed by atoms with E-state index in [-0.39, 0.29) is 0 Å². The van der Waals surface area contributed by atoms with E-state index in [0.29, 0.717) is 34.3 Å². The number of aromatic nitrogens is 6. The van der Waals surface area contributed by atoms with Gasteiger partial charge in [-0.1, -0.05) is 140 Å². The van der Waals surface area contributed by atoms with Gasteiger partial charge in [0.05, 0.1) is 39.0 Å². The summed E-state index contributed by atoms with van der Waals surface area (Å²) in [6, 6.07) is 69.3. The molecule has 0 fully saturated rings. The number of nitriles is 1. The smallest absolute Gasteiger partial charge is 0.164 e. The summed E-state index contributed by atoms with van der Waals surface area (Å²) in [5.74, 6) is 1.54. The van der Waals surface area contributed by atoms with Crippen molar-refractivity contribution in [1.82, 2.24) is 29.1 Å². The summed E-state index contributed by atoms with van der Waals surface area (Å²) in [4.78, 5) is 20.4. The molecule has 0 radical (unpaired) electrons. The van der Waals surface area contributed by atoms with E-state index in [9.17, 15) is 5.26 Å². The van der Waals surface area contributed by atoms with Crippen LogP contribution in [0.25, 0.3) is 121 Å². The minimum atomic E-state index is 0.453. The molecule has 302 valence electrons. The van der Waals surface area contributed by atoms with E-state index in [0.717, 1.165) is 60.9 Å². The van der Waals surface area contributed by atoms with Gasteiger partial charge in [-0.25, -0.2) is 15.0 Å². The summed E-state index contributed by atoms with van der Waals surface area (Å²) < 4.78 is 7.02.